The van der Waals surface area contributed by atoms with Gasteiger partial charge in [-0.1, -0.05) is 23.5 Å². The maximum atomic E-state index is 13.0. The van der Waals surface area contributed by atoms with Crippen LogP contribution in [0.25, 0.3) is 21.2 Å². The van der Waals surface area contributed by atoms with Crippen molar-refractivity contribution in [1.29, 1.82) is 0 Å². The third kappa shape index (κ3) is 3.96. The van der Waals surface area contributed by atoms with E-state index in [2.05, 4.69) is 4.99 Å². The van der Waals surface area contributed by atoms with E-state index in [9.17, 15) is 4.79 Å². The van der Waals surface area contributed by atoms with Gasteiger partial charge in [0, 0.05) is 18.5 Å². The van der Waals surface area contributed by atoms with Crippen LogP contribution < -0.4 is 19.0 Å². The van der Waals surface area contributed by atoms with Crippen LogP contribution in [0.3, 0.4) is 0 Å². The highest BCUT2D eigenvalue weighted by Crippen LogP contribution is 2.35. The molecule has 4 aromatic rings. The number of fused-ring (bicyclic) bond motifs is 2. The molecular formula is C23H24N2O6S. The Morgan fingerprint density at radius 3 is 2.53 bits per heavy atom. The van der Waals surface area contributed by atoms with E-state index >= 15 is 0 Å². The third-order valence-electron chi connectivity index (χ3n) is 4.99. The second-order valence-electron chi connectivity index (χ2n) is 6.79. The Balaban J connectivity index is 1.86. The Morgan fingerprint density at radius 1 is 1.06 bits per heavy atom. The summed E-state index contributed by atoms with van der Waals surface area (Å²) in [5, 5.41) is 0.770. The van der Waals surface area contributed by atoms with Gasteiger partial charge in [0.15, 0.2) is 21.9 Å². The maximum absolute atomic E-state index is 13.0. The number of furan rings is 1. The summed E-state index contributed by atoms with van der Waals surface area (Å²) in [6.45, 7) is 3.49. The summed E-state index contributed by atoms with van der Waals surface area (Å²) < 4.78 is 30.5. The van der Waals surface area contributed by atoms with Gasteiger partial charge in [0.05, 0.1) is 27.9 Å². The van der Waals surface area contributed by atoms with E-state index in [1.165, 1.54) is 11.3 Å². The number of nitrogens with zero attached hydrogens (tertiary/aromatic N) is 2. The van der Waals surface area contributed by atoms with Crippen LogP contribution in [-0.2, 0) is 11.3 Å². The number of hydrogen-bond donors (Lipinski definition) is 0. The van der Waals surface area contributed by atoms with E-state index in [1.54, 1.807) is 33.5 Å². The molecule has 8 nitrogen and oxygen atoms in total. The molecule has 0 atom stereocenters. The van der Waals surface area contributed by atoms with Gasteiger partial charge in [0.25, 0.3) is 0 Å². The Hall–Kier alpha value is -3.30. The molecule has 168 valence electrons. The standard InChI is InChI=1S/C23H24N2O6S/c1-5-30-12-11-25-19-15(27-2)9-10-17(29-4)21(19)32-23(25)24-22(26)18-13-14-7-6-8-16(28-3)20(14)31-18/h6-10,13H,5,11-12H2,1-4H3. The van der Waals surface area contributed by atoms with Crippen LogP contribution in [0.4, 0.5) is 0 Å². The van der Waals surface area contributed by atoms with Crippen molar-refractivity contribution in [2.45, 2.75) is 13.5 Å². The highest BCUT2D eigenvalue weighted by molar-refractivity contribution is 7.16. The van der Waals surface area contributed by atoms with Gasteiger partial charge in [-0.05, 0) is 31.2 Å². The molecular weight excluding hydrogens is 432 g/mol. The molecule has 0 radical (unpaired) electrons. The smallest absolute Gasteiger partial charge is 0.315 e. The van der Waals surface area contributed by atoms with Crippen LogP contribution in [-0.4, -0.2) is 45.0 Å². The fourth-order valence-corrected chi connectivity index (χ4v) is 4.65. The lowest BCUT2D eigenvalue weighted by atomic mass is 10.2. The SMILES string of the molecule is CCOCCn1c(=NC(=O)c2cc3cccc(OC)c3o2)sc2c(OC)ccc(OC)c21. The number of benzene rings is 2. The molecule has 2 aromatic heterocycles. The van der Waals surface area contributed by atoms with Crippen LogP contribution >= 0.6 is 11.3 Å². The minimum atomic E-state index is -0.488. The monoisotopic (exact) mass is 456 g/mol. The summed E-state index contributed by atoms with van der Waals surface area (Å²) in [4.78, 5) is 17.9. The molecule has 0 aliphatic heterocycles. The van der Waals surface area contributed by atoms with Crippen LogP contribution in [0.5, 0.6) is 17.2 Å². The Kier molecular flexibility index (Phi) is 6.48. The highest BCUT2D eigenvalue weighted by Gasteiger charge is 2.19. The fourth-order valence-electron chi connectivity index (χ4n) is 3.49. The highest BCUT2D eigenvalue weighted by atomic mass is 32.1. The second kappa shape index (κ2) is 9.46. The van der Waals surface area contributed by atoms with Crippen molar-refractivity contribution in [3.63, 3.8) is 0 Å². The Labute approximate surface area is 188 Å². The summed E-state index contributed by atoms with van der Waals surface area (Å²) in [6, 6.07) is 10.8. The number of para-hydroxylation sites is 1. The molecule has 0 fully saturated rings. The van der Waals surface area contributed by atoms with Gasteiger partial charge in [0.2, 0.25) is 0 Å². The molecule has 0 aliphatic carbocycles. The molecule has 0 saturated heterocycles. The Bertz CT molecular complexity index is 1330. The maximum Gasteiger partial charge on any atom is 0.315 e. The molecule has 4 rings (SSSR count). The zero-order valence-corrected chi connectivity index (χ0v) is 19.2. The topological polar surface area (TPSA) is 84.4 Å². The Morgan fingerprint density at radius 2 is 1.81 bits per heavy atom. The van der Waals surface area contributed by atoms with Crippen molar-refractivity contribution in [2.24, 2.45) is 4.99 Å². The predicted molar refractivity (Wildman–Crippen MR) is 122 cm³/mol. The molecule has 0 aliphatic rings. The van der Waals surface area contributed by atoms with Crippen molar-refractivity contribution in [2.75, 3.05) is 34.5 Å². The number of carbonyl (C=O) groups is 1. The van der Waals surface area contributed by atoms with Gasteiger partial charge in [-0.3, -0.25) is 4.79 Å². The quantitative estimate of drug-likeness (QED) is 0.369. The molecule has 0 bridgehead atoms. The number of rotatable bonds is 8. The molecule has 1 amide bonds. The predicted octanol–water partition coefficient (Wildman–Crippen LogP) is 4.25. The van der Waals surface area contributed by atoms with Crippen LogP contribution in [0.1, 0.15) is 17.5 Å². The molecule has 2 heterocycles. The zero-order chi connectivity index (χ0) is 22.7. The lowest BCUT2D eigenvalue weighted by molar-refractivity contribution is 0.0972. The summed E-state index contributed by atoms with van der Waals surface area (Å²) >= 11 is 1.35. The summed E-state index contributed by atoms with van der Waals surface area (Å²) in [6.07, 6.45) is 0. The minimum absolute atomic E-state index is 0.136. The van der Waals surface area contributed by atoms with E-state index in [1.807, 2.05) is 35.8 Å². The van der Waals surface area contributed by atoms with Gasteiger partial charge in [0.1, 0.15) is 21.7 Å². The minimum Gasteiger partial charge on any atom is -0.495 e. The summed E-state index contributed by atoms with van der Waals surface area (Å²) in [5.74, 6) is 1.55. The van der Waals surface area contributed by atoms with Crippen molar-refractivity contribution >= 4 is 38.4 Å². The van der Waals surface area contributed by atoms with E-state index in [4.69, 9.17) is 23.4 Å². The van der Waals surface area contributed by atoms with Gasteiger partial charge < -0.3 is 27.9 Å². The van der Waals surface area contributed by atoms with Crippen molar-refractivity contribution in [3.8, 4) is 17.2 Å². The largest absolute Gasteiger partial charge is 0.495 e. The number of aromatic nitrogens is 1. The number of carbonyl (C=O) groups excluding carboxylic acids is 1. The van der Waals surface area contributed by atoms with Gasteiger partial charge >= 0.3 is 5.91 Å². The third-order valence-corrected chi connectivity index (χ3v) is 6.08. The van der Waals surface area contributed by atoms with E-state index in [0.717, 1.165) is 15.6 Å². The zero-order valence-electron chi connectivity index (χ0n) is 18.3. The number of ether oxygens (including phenoxy) is 4. The number of hydrogen-bond acceptors (Lipinski definition) is 7. The number of methoxy groups -OCH3 is 3. The first-order valence-corrected chi connectivity index (χ1v) is 10.9. The molecule has 32 heavy (non-hydrogen) atoms. The normalized spacial score (nSPS) is 11.9. The fraction of sp³-hybridized carbons (Fsp3) is 0.304. The molecule has 0 saturated carbocycles. The van der Waals surface area contributed by atoms with Gasteiger partial charge in [-0.15, -0.1) is 0 Å². The molecule has 2 aromatic carbocycles. The van der Waals surface area contributed by atoms with Crippen molar-refractivity contribution < 1.29 is 28.2 Å². The summed E-state index contributed by atoms with van der Waals surface area (Å²) in [5.41, 5.74) is 1.31. The average molecular weight is 457 g/mol. The average Bonchev–Trinajstić information content (AvgIpc) is 3.40. The first-order valence-electron chi connectivity index (χ1n) is 10.1. The van der Waals surface area contributed by atoms with Crippen LogP contribution in [0, 0.1) is 0 Å². The molecule has 9 heteroatoms. The number of amides is 1. The first-order chi connectivity index (χ1) is 15.6. The summed E-state index contributed by atoms with van der Waals surface area (Å²) in [7, 11) is 4.77. The van der Waals surface area contributed by atoms with E-state index in [-0.39, 0.29) is 5.76 Å². The lowest BCUT2D eigenvalue weighted by Crippen LogP contribution is -2.20. The molecule has 0 unspecified atom stereocenters. The number of thiazole rings is 1. The van der Waals surface area contributed by atoms with E-state index in [0.29, 0.717) is 47.4 Å². The van der Waals surface area contributed by atoms with Crippen LogP contribution in [0.2, 0.25) is 0 Å². The van der Waals surface area contributed by atoms with E-state index < -0.39 is 5.91 Å². The van der Waals surface area contributed by atoms with Crippen molar-refractivity contribution in [1.82, 2.24) is 4.57 Å². The van der Waals surface area contributed by atoms with Gasteiger partial charge in [-0.25, -0.2) is 0 Å². The van der Waals surface area contributed by atoms with Crippen LogP contribution in [0.15, 0.2) is 45.8 Å². The van der Waals surface area contributed by atoms with Crippen molar-refractivity contribution in [3.05, 3.63) is 47.0 Å². The second-order valence-corrected chi connectivity index (χ2v) is 7.76. The first kappa shape index (κ1) is 21.9. The van der Waals surface area contributed by atoms with Gasteiger partial charge in [-0.2, -0.15) is 4.99 Å². The lowest BCUT2D eigenvalue weighted by Gasteiger charge is -2.10. The molecule has 0 N–H and O–H groups in total. The molecule has 0 spiro atoms.